The summed E-state index contributed by atoms with van der Waals surface area (Å²) in [6.45, 7) is 1.34. The topological polar surface area (TPSA) is 26.3 Å². The van der Waals surface area contributed by atoms with E-state index in [2.05, 4.69) is 0 Å². The van der Waals surface area contributed by atoms with E-state index in [4.69, 9.17) is 4.74 Å². The Kier molecular flexibility index (Phi) is 2.67. The van der Waals surface area contributed by atoms with Crippen LogP contribution in [0.1, 0.15) is 6.92 Å². The molecule has 0 saturated heterocycles. The van der Waals surface area contributed by atoms with E-state index in [0.29, 0.717) is 11.1 Å². The van der Waals surface area contributed by atoms with E-state index in [1.807, 2.05) is 30.3 Å². The van der Waals surface area contributed by atoms with E-state index in [1.54, 1.807) is 6.07 Å². The number of halogens is 1. The van der Waals surface area contributed by atoms with Gasteiger partial charge in [-0.2, -0.15) is 0 Å². The molecule has 2 nitrogen and oxygen atoms in total. The van der Waals surface area contributed by atoms with Crippen molar-refractivity contribution in [1.29, 1.82) is 0 Å². The Morgan fingerprint density at radius 3 is 2.53 bits per heavy atom. The lowest BCUT2D eigenvalue weighted by molar-refractivity contribution is -0.131. The molecule has 0 spiro atoms. The fourth-order valence-corrected chi connectivity index (χ4v) is 2.25. The van der Waals surface area contributed by atoms with E-state index in [-0.39, 0.29) is 5.82 Å². The predicted molar refractivity (Wildman–Crippen MR) is 72.7 cm³/mol. The number of carbonyl (C=O) groups excluding carboxylic acids is 1. The van der Waals surface area contributed by atoms with Gasteiger partial charge in [0.15, 0.2) is 0 Å². The van der Waals surface area contributed by atoms with Gasteiger partial charge in [0, 0.05) is 17.7 Å². The fraction of sp³-hybridized carbons (Fsp3) is 0.0625. The number of ether oxygens (including phenoxy) is 1. The van der Waals surface area contributed by atoms with Gasteiger partial charge in [-0.3, -0.25) is 4.79 Å². The van der Waals surface area contributed by atoms with Crippen LogP contribution in [0.25, 0.3) is 21.5 Å². The summed E-state index contributed by atoms with van der Waals surface area (Å²) in [5.74, 6) is -0.349. The fourth-order valence-electron chi connectivity index (χ4n) is 2.25. The molecule has 0 saturated carbocycles. The summed E-state index contributed by atoms with van der Waals surface area (Å²) in [7, 11) is 0. The Balaban J connectivity index is 2.46. The Bertz CT molecular complexity index is 793. The molecule has 0 fully saturated rings. The van der Waals surface area contributed by atoms with Gasteiger partial charge in [0.2, 0.25) is 0 Å². The average Bonchev–Trinajstić information content (AvgIpc) is 2.39. The van der Waals surface area contributed by atoms with Crippen LogP contribution in [-0.2, 0) is 4.79 Å². The lowest BCUT2D eigenvalue weighted by atomic mass is 10.0. The molecule has 0 amide bonds. The number of rotatable bonds is 1. The van der Waals surface area contributed by atoms with Gasteiger partial charge in [-0.15, -0.1) is 0 Å². The van der Waals surface area contributed by atoms with Crippen LogP contribution in [0.5, 0.6) is 5.75 Å². The van der Waals surface area contributed by atoms with Gasteiger partial charge in [-0.05, 0) is 29.0 Å². The van der Waals surface area contributed by atoms with E-state index in [1.165, 1.54) is 19.1 Å². The van der Waals surface area contributed by atoms with Crippen molar-refractivity contribution in [3.63, 3.8) is 0 Å². The Labute approximate surface area is 109 Å². The van der Waals surface area contributed by atoms with Crippen LogP contribution in [0.15, 0.2) is 48.5 Å². The summed E-state index contributed by atoms with van der Waals surface area (Å²) in [4.78, 5) is 11.3. The van der Waals surface area contributed by atoms with Crippen LogP contribution < -0.4 is 4.74 Å². The van der Waals surface area contributed by atoms with Gasteiger partial charge >= 0.3 is 5.97 Å². The van der Waals surface area contributed by atoms with Crippen molar-refractivity contribution in [2.45, 2.75) is 6.92 Å². The van der Waals surface area contributed by atoms with Gasteiger partial charge in [-0.1, -0.05) is 30.3 Å². The van der Waals surface area contributed by atoms with Crippen LogP contribution in [-0.4, -0.2) is 5.97 Å². The molecule has 0 bridgehead atoms. The number of hydrogen-bond acceptors (Lipinski definition) is 2. The van der Waals surface area contributed by atoms with Crippen molar-refractivity contribution < 1.29 is 13.9 Å². The first-order valence-electron chi connectivity index (χ1n) is 5.94. The van der Waals surface area contributed by atoms with E-state index >= 15 is 0 Å². The zero-order chi connectivity index (χ0) is 13.4. The first kappa shape index (κ1) is 11.7. The van der Waals surface area contributed by atoms with Crippen LogP contribution in [0, 0.1) is 5.82 Å². The standard InChI is InChI=1S/C16H11FO2/c1-10(18)19-16-14-5-3-2-4-11(14)8-12-6-7-13(17)9-15(12)16/h2-9H,1H3. The van der Waals surface area contributed by atoms with Crippen LogP contribution in [0.4, 0.5) is 4.39 Å². The maximum absolute atomic E-state index is 13.4. The summed E-state index contributed by atoms with van der Waals surface area (Å²) in [5, 5.41) is 3.21. The summed E-state index contributed by atoms with van der Waals surface area (Å²) in [6, 6.07) is 14.0. The van der Waals surface area contributed by atoms with Crippen molar-refractivity contribution >= 4 is 27.5 Å². The third-order valence-electron chi connectivity index (χ3n) is 3.02. The molecule has 94 valence electrons. The third kappa shape index (κ3) is 2.03. The molecule has 0 unspecified atom stereocenters. The Morgan fingerprint density at radius 2 is 1.74 bits per heavy atom. The second kappa shape index (κ2) is 4.35. The van der Waals surface area contributed by atoms with Gasteiger partial charge < -0.3 is 4.74 Å². The van der Waals surface area contributed by atoms with Crippen LogP contribution in [0.3, 0.4) is 0 Å². The molecule has 3 heteroatoms. The van der Waals surface area contributed by atoms with Crippen molar-refractivity contribution in [3.05, 3.63) is 54.3 Å². The largest absolute Gasteiger partial charge is 0.425 e. The summed E-state index contributed by atoms with van der Waals surface area (Å²) >= 11 is 0. The molecular formula is C16H11FO2. The second-order valence-electron chi connectivity index (χ2n) is 4.39. The number of fused-ring (bicyclic) bond motifs is 2. The molecule has 0 radical (unpaired) electrons. The Hall–Kier alpha value is -2.42. The van der Waals surface area contributed by atoms with Crippen LogP contribution >= 0.6 is 0 Å². The first-order valence-corrected chi connectivity index (χ1v) is 5.94. The summed E-state index contributed by atoms with van der Waals surface area (Å²) in [6.07, 6.45) is 0. The molecular weight excluding hydrogens is 243 g/mol. The van der Waals surface area contributed by atoms with Gasteiger partial charge in [0.25, 0.3) is 0 Å². The molecule has 0 aliphatic heterocycles. The van der Waals surface area contributed by atoms with Gasteiger partial charge in [-0.25, -0.2) is 4.39 Å². The molecule has 0 aliphatic rings. The molecule has 3 aromatic rings. The minimum atomic E-state index is -0.415. The number of benzene rings is 3. The van der Waals surface area contributed by atoms with E-state index in [0.717, 1.165) is 16.2 Å². The monoisotopic (exact) mass is 254 g/mol. The number of esters is 1. The first-order chi connectivity index (χ1) is 9.15. The lowest BCUT2D eigenvalue weighted by Gasteiger charge is -2.10. The third-order valence-corrected chi connectivity index (χ3v) is 3.02. The van der Waals surface area contributed by atoms with Gasteiger partial charge in [0.05, 0.1) is 0 Å². The maximum atomic E-state index is 13.4. The van der Waals surface area contributed by atoms with Crippen molar-refractivity contribution in [1.82, 2.24) is 0 Å². The lowest BCUT2D eigenvalue weighted by Crippen LogP contribution is -2.02. The minimum absolute atomic E-state index is 0.351. The molecule has 3 aromatic carbocycles. The molecule has 0 atom stereocenters. The molecule has 0 aliphatic carbocycles. The zero-order valence-corrected chi connectivity index (χ0v) is 10.3. The molecule has 0 heterocycles. The SMILES string of the molecule is CC(=O)Oc1c2ccccc2cc2ccc(F)cc12. The molecule has 0 aromatic heterocycles. The van der Waals surface area contributed by atoms with E-state index < -0.39 is 5.97 Å². The van der Waals surface area contributed by atoms with Crippen molar-refractivity contribution in [2.75, 3.05) is 0 Å². The van der Waals surface area contributed by atoms with Crippen LogP contribution in [0.2, 0.25) is 0 Å². The second-order valence-corrected chi connectivity index (χ2v) is 4.39. The number of carbonyl (C=O) groups is 1. The predicted octanol–water partition coefficient (Wildman–Crippen LogP) is 4.06. The zero-order valence-electron chi connectivity index (χ0n) is 10.3. The van der Waals surface area contributed by atoms with E-state index in [9.17, 15) is 9.18 Å². The van der Waals surface area contributed by atoms with Crippen molar-refractivity contribution in [3.8, 4) is 5.75 Å². The normalized spacial score (nSPS) is 10.8. The summed E-state index contributed by atoms with van der Waals surface area (Å²) < 4.78 is 18.7. The van der Waals surface area contributed by atoms with Crippen molar-refractivity contribution in [2.24, 2.45) is 0 Å². The maximum Gasteiger partial charge on any atom is 0.308 e. The molecule has 0 N–H and O–H groups in total. The quantitative estimate of drug-likeness (QED) is 0.372. The average molecular weight is 254 g/mol. The highest BCUT2D eigenvalue weighted by Crippen LogP contribution is 2.35. The highest BCUT2D eigenvalue weighted by molar-refractivity contribution is 6.06. The molecule has 19 heavy (non-hydrogen) atoms. The molecule has 3 rings (SSSR count). The summed E-state index contributed by atoms with van der Waals surface area (Å²) in [5.41, 5.74) is 0. The highest BCUT2D eigenvalue weighted by Gasteiger charge is 2.11. The highest BCUT2D eigenvalue weighted by atomic mass is 19.1. The number of hydrogen-bond donors (Lipinski definition) is 0. The smallest absolute Gasteiger partial charge is 0.308 e. The Morgan fingerprint density at radius 1 is 1.00 bits per heavy atom. The minimum Gasteiger partial charge on any atom is -0.425 e. The van der Waals surface area contributed by atoms with Gasteiger partial charge in [0.1, 0.15) is 11.6 Å².